The highest BCUT2D eigenvalue weighted by Gasteiger charge is 2.66. The molecule has 1 rings (SSSR count). The summed E-state index contributed by atoms with van der Waals surface area (Å²) in [4.78, 5) is 0. The molecule has 0 aromatic rings. The Kier molecular flexibility index (Phi) is 4.54. The van der Waals surface area contributed by atoms with Gasteiger partial charge in [-0.25, -0.2) is 8.42 Å². The second-order valence-corrected chi connectivity index (χ2v) is 9.12. The van der Waals surface area contributed by atoms with E-state index in [1.54, 1.807) is 0 Å². The van der Waals surface area contributed by atoms with Crippen molar-refractivity contribution in [2.75, 3.05) is 18.6 Å². The van der Waals surface area contributed by atoms with Crippen LogP contribution in [-0.2, 0) is 9.84 Å². The van der Waals surface area contributed by atoms with Crippen molar-refractivity contribution in [2.45, 2.75) is 53.5 Å². The van der Waals surface area contributed by atoms with E-state index in [9.17, 15) is 8.42 Å². The van der Waals surface area contributed by atoms with Gasteiger partial charge in [-0.05, 0) is 36.1 Å². The van der Waals surface area contributed by atoms with E-state index in [1.807, 2.05) is 0 Å². The van der Waals surface area contributed by atoms with Crippen molar-refractivity contribution in [1.29, 1.82) is 0 Å². The second kappa shape index (κ2) is 5.12. The summed E-state index contributed by atoms with van der Waals surface area (Å²) < 4.78 is 22.4. The van der Waals surface area contributed by atoms with Crippen LogP contribution in [0.5, 0.6) is 0 Å². The fourth-order valence-corrected chi connectivity index (χ4v) is 4.16. The molecule has 1 atom stereocenters. The molecular formula is C14H29NO2S. The van der Waals surface area contributed by atoms with Crippen molar-refractivity contribution in [1.82, 2.24) is 5.32 Å². The third-order valence-electron chi connectivity index (χ3n) is 5.03. The summed E-state index contributed by atoms with van der Waals surface area (Å²) in [5.41, 5.74) is 0.704. The van der Waals surface area contributed by atoms with Crippen molar-refractivity contribution in [2.24, 2.45) is 16.7 Å². The van der Waals surface area contributed by atoms with E-state index in [0.29, 0.717) is 28.5 Å². The lowest BCUT2D eigenvalue weighted by molar-refractivity contribution is 0.381. The van der Waals surface area contributed by atoms with Gasteiger partial charge in [-0.3, -0.25) is 0 Å². The molecule has 0 aromatic carbocycles. The first-order valence-electron chi connectivity index (χ1n) is 6.95. The van der Waals surface area contributed by atoms with Gasteiger partial charge in [-0.1, -0.05) is 34.6 Å². The summed E-state index contributed by atoms with van der Waals surface area (Å²) in [6.07, 6.45) is 3.04. The molecule has 3 nitrogen and oxygen atoms in total. The Morgan fingerprint density at radius 3 is 2.00 bits per heavy atom. The van der Waals surface area contributed by atoms with Crippen LogP contribution in [-0.4, -0.2) is 33.0 Å². The smallest absolute Gasteiger partial charge is 0.147 e. The fourth-order valence-electron chi connectivity index (χ4n) is 3.47. The predicted molar refractivity (Wildman–Crippen MR) is 77.5 cm³/mol. The Balaban J connectivity index is 2.58. The van der Waals surface area contributed by atoms with Crippen LogP contribution in [0.1, 0.15) is 47.5 Å². The topological polar surface area (TPSA) is 46.2 Å². The molecule has 4 heteroatoms. The Labute approximate surface area is 113 Å². The SMILES string of the molecule is CCNC(CCCS(C)(=O)=O)C1C(C)(C)C1(C)C. The molecule has 1 aliphatic carbocycles. The molecule has 0 radical (unpaired) electrons. The first-order valence-corrected chi connectivity index (χ1v) is 9.01. The van der Waals surface area contributed by atoms with Crippen molar-refractivity contribution < 1.29 is 8.42 Å². The van der Waals surface area contributed by atoms with E-state index in [4.69, 9.17) is 0 Å². The molecule has 108 valence electrons. The maximum Gasteiger partial charge on any atom is 0.147 e. The summed E-state index contributed by atoms with van der Waals surface area (Å²) in [6, 6.07) is 0.446. The van der Waals surface area contributed by atoms with Gasteiger partial charge >= 0.3 is 0 Å². The summed E-state index contributed by atoms with van der Waals surface area (Å²) in [5.74, 6) is 0.951. The molecule has 1 unspecified atom stereocenters. The van der Waals surface area contributed by atoms with Gasteiger partial charge in [0, 0.05) is 18.1 Å². The van der Waals surface area contributed by atoms with Gasteiger partial charge < -0.3 is 5.32 Å². The Morgan fingerprint density at radius 2 is 1.67 bits per heavy atom. The molecule has 0 aromatic heterocycles. The highest BCUT2D eigenvalue weighted by molar-refractivity contribution is 7.90. The monoisotopic (exact) mass is 275 g/mol. The van der Waals surface area contributed by atoms with Crippen LogP contribution >= 0.6 is 0 Å². The van der Waals surface area contributed by atoms with E-state index in [2.05, 4.69) is 39.9 Å². The summed E-state index contributed by atoms with van der Waals surface area (Å²) >= 11 is 0. The van der Waals surface area contributed by atoms with Crippen molar-refractivity contribution in [3.8, 4) is 0 Å². The zero-order chi connectivity index (χ0) is 14.2. The lowest BCUT2D eigenvalue weighted by Gasteiger charge is -2.20. The molecule has 0 spiro atoms. The number of nitrogens with one attached hydrogen (secondary N) is 1. The van der Waals surface area contributed by atoms with Gasteiger partial charge in [0.05, 0.1) is 0 Å². The minimum atomic E-state index is -2.83. The highest BCUT2D eigenvalue weighted by Crippen LogP contribution is 2.70. The Hall–Kier alpha value is -0.0900. The molecule has 0 heterocycles. The highest BCUT2D eigenvalue weighted by atomic mass is 32.2. The molecule has 0 saturated heterocycles. The average molecular weight is 275 g/mol. The van der Waals surface area contributed by atoms with Crippen molar-refractivity contribution in [3.05, 3.63) is 0 Å². The fraction of sp³-hybridized carbons (Fsp3) is 1.00. The van der Waals surface area contributed by atoms with Gasteiger partial charge in [0.2, 0.25) is 0 Å². The van der Waals surface area contributed by atoms with Crippen molar-refractivity contribution in [3.63, 3.8) is 0 Å². The van der Waals surface area contributed by atoms with Gasteiger partial charge in [-0.2, -0.15) is 0 Å². The quantitative estimate of drug-likeness (QED) is 0.776. The maximum atomic E-state index is 11.2. The molecule has 1 N–H and O–H groups in total. The average Bonchev–Trinajstić information content (AvgIpc) is 2.54. The van der Waals surface area contributed by atoms with Crippen LogP contribution in [0.2, 0.25) is 0 Å². The minimum Gasteiger partial charge on any atom is -0.314 e. The van der Waals surface area contributed by atoms with E-state index in [-0.39, 0.29) is 0 Å². The number of hydrogen-bond acceptors (Lipinski definition) is 3. The molecule has 0 aliphatic heterocycles. The molecular weight excluding hydrogens is 246 g/mol. The van der Waals surface area contributed by atoms with Crippen LogP contribution in [0, 0.1) is 16.7 Å². The van der Waals surface area contributed by atoms with Crippen LogP contribution < -0.4 is 5.32 Å². The van der Waals surface area contributed by atoms with Crippen LogP contribution in [0.25, 0.3) is 0 Å². The third kappa shape index (κ3) is 3.27. The third-order valence-corrected chi connectivity index (χ3v) is 6.06. The van der Waals surface area contributed by atoms with Gasteiger partial charge in [-0.15, -0.1) is 0 Å². The molecule has 0 amide bonds. The number of hydrogen-bond donors (Lipinski definition) is 1. The summed E-state index contributed by atoms with van der Waals surface area (Å²) in [5, 5.41) is 3.55. The van der Waals surface area contributed by atoms with E-state index in [0.717, 1.165) is 19.4 Å². The van der Waals surface area contributed by atoms with E-state index < -0.39 is 9.84 Å². The maximum absolute atomic E-state index is 11.2. The standard InChI is InChI=1S/C14H29NO2S/c1-7-15-11(9-8-10-18(6,16)17)12-13(2,3)14(12,4)5/h11-12,15H,7-10H2,1-6H3. The molecule has 0 bridgehead atoms. The van der Waals surface area contributed by atoms with Gasteiger partial charge in [0.1, 0.15) is 9.84 Å². The summed E-state index contributed by atoms with van der Waals surface area (Å²) in [6.45, 7) is 12.3. The van der Waals surface area contributed by atoms with Crippen LogP contribution in [0.15, 0.2) is 0 Å². The zero-order valence-corrected chi connectivity index (χ0v) is 13.5. The first kappa shape index (κ1) is 16.0. The molecule has 1 fully saturated rings. The molecule has 1 saturated carbocycles. The van der Waals surface area contributed by atoms with E-state index in [1.165, 1.54) is 6.26 Å². The lowest BCUT2D eigenvalue weighted by Crippen LogP contribution is -2.33. The van der Waals surface area contributed by atoms with Gasteiger partial charge in [0.15, 0.2) is 0 Å². The number of sulfone groups is 1. The summed E-state index contributed by atoms with van der Waals surface area (Å²) in [7, 11) is -2.83. The lowest BCUT2D eigenvalue weighted by atomic mass is 10.00. The number of rotatable bonds is 7. The van der Waals surface area contributed by atoms with Crippen LogP contribution in [0.3, 0.4) is 0 Å². The predicted octanol–water partition coefficient (Wildman–Crippen LogP) is 2.47. The first-order chi connectivity index (χ1) is 8.04. The Morgan fingerprint density at radius 1 is 1.17 bits per heavy atom. The molecule has 1 aliphatic rings. The molecule has 18 heavy (non-hydrogen) atoms. The van der Waals surface area contributed by atoms with Crippen LogP contribution in [0.4, 0.5) is 0 Å². The van der Waals surface area contributed by atoms with E-state index >= 15 is 0 Å². The zero-order valence-electron chi connectivity index (χ0n) is 12.7. The minimum absolute atomic E-state index is 0.308. The largest absolute Gasteiger partial charge is 0.314 e. The normalized spacial score (nSPS) is 23.9. The van der Waals surface area contributed by atoms with Gasteiger partial charge in [0.25, 0.3) is 0 Å². The second-order valence-electron chi connectivity index (χ2n) is 6.86. The Bertz CT molecular complexity index is 371. The van der Waals surface area contributed by atoms with Crippen molar-refractivity contribution >= 4 is 9.84 Å².